The average Bonchev–Trinajstić information content (AvgIpc) is 3.20. The molecule has 0 unspecified atom stereocenters. The molecule has 0 N–H and O–H groups in total. The highest BCUT2D eigenvalue weighted by Gasteiger charge is 2.36. The van der Waals surface area contributed by atoms with E-state index in [1.807, 2.05) is 42.8 Å². The summed E-state index contributed by atoms with van der Waals surface area (Å²) in [6.07, 6.45) is 1.80. The van der Waals surface area contributed by atoms with Crippen LogP contribution in [0.15, 0.2) is 36.5 Å². The Morgan fingerprint density at radius 3 is 2.60 bits per heavy atom. The van der Waals surface area contributed by atoms with Crippen LogP contribution in [0.3, 0.4) is 0 Å². The van der Waals surface area contributed by atoms with Crippen molar-refractivity contribution in [1.82, 2.24) is 24.8 Å². The third-order valence-electron chi connectivity index (χ3n) is 6.85. The Balaban J connectivity index is 1.48. The van der Waals surface area contributed by atoms with E-state index >= 15 is 0 Å². The normalized spacial score (nSPS) is 15.8. The first-order valence-electron chi connectivity index (χ1n) is 12.1. The van der Waals surface area contributed by atoms with Crippen LogP contribution in [0, 0.1) is 0 Å². The molecule has 2 aromatic heterocycles. The van der Waals surface area contributed by atoms with Gasteiger partial charge in [0.2, 0.25) is 11.9 Å². The van der Waals surface area contributed by atoms with Crippen LogP contribution in [0.1, 0.15) is 42.4 Å². The van der Waals surface area contributed by atoms with Gasteiger partial charge in [0.15, 0.2) is 0 Å². The highest BCUT2D eigenvalue weighted by atomic mass is 16.2. The number of aromatic nitrogens is 3. The molecular weight excluding hydrogens is 442 g/mol. The van der Waals surface area contributed by atoms with Crippen LogP contribution in [0.4, 0.5) is 11.8 Å². The van der Waals surface area contributed by atoms with Gasteiger partial charge >= 0.3 is 0 Å². The van der Waals surface area contributed by atoms with Crippen molar-refractivity contribution >= 4 is 34.5 Å². The van der Waals surface area contributed by atoms with E-state index in [4.69, 9.17) is 9.97 Å². The molecule has 1 aromatic carbocycles. The predicted octanol–water partition coefficient (Wildman–Crippen LogP) is 2.69. The van der Waals surface area contributed by atoms with E-state index in [-0.39, 0.29) is 17.9 Å². The first-order chi connectivity index (χ1) is 16.8. The van der Waals surface area contributed by atoms with Gasteiger partial charge in [0.25, 0.3) is 5.91 Å². The van der Waals surface area contributed by atoms with E-state index < -0.39 is 0 Å². The molecule has 2 aliphatic rings. The van der Waals surface area contributed by atoms with Gasteiger partial charge in [-0.1, -0.05) is 12.1 Å². The minimum absolute atomic E-state index is 0.0487. The van der Waals surface area contributed by atoms with Crippen LogP contribution in [0.5, 0.6) is 0 Å². The number of anilines is 2. The van der Waals surface area contributed by atoms with Gasteiger partial charge in [-0.15, -0.1) is 0 Å². The van der Waals surface area contributed by atoms with Crippen LogP contribution >= 0.6 is 0 Å². The second-order valence-corrected chi connectivity index (χ2v) is 9.58. The lowest BCUT2D eigenvalue weighted by Crippen LogP contribution is -2.48. The summed E-state index contributed by atoms with van der Waals surface area (Å²) in [4.78, 5) is 47.0. The van der Waals surface area contributed by atoms with E-state index in [2.05, 4.69) is 33.0 Å². The van der Waals surface area contributed by atoms with Crippen molar-refractivity contribution < 1.29 is 9.59 Å². The summed E-state index contributed by atoms with van der Waals surface area (Å²) in [7, 11) is 2.01. The summed E-state index contributed by atoms with van der Waals surface area (Å²) in [5.41, 5.74) is 3.47. The molecule has 1 saturated heterocycles. The summed E-state index contributed by atoms with van der Waals surface area (Å²) in [5, 5.41) is 1.09. The van der Waals surface area contributed by atoms with Gasteiger partial charge in [-0.2, -0.15) is 4.98 Å². The Morgan fingerprint density at radius 1 is 1.11 bits per heavy atom. The van der Waals surface area contributed by atoms with E-state index in [0.29, 0.717) is 50.9 Å². The number of nitrogens with zero attached hydrogens (tertiary/aromatic N) is 7. The number of rotatable bonds is 5. The largest absolute Gasteiger partial charge is 0.355 e. The Labute approximate surface area is 205 Å². The van der Waals surface area contributed by atoms with Gasteiger partial charge in [0.1, 0.15) is 11.5 Å². The number of benzene rings is 1. The summed E-state index contributed by atoms with van der Waals surface area (Å²) < 4.78 is 0. The molecule has 0 saturated carbocycles. The number of amides is 2. The van der Waals surface area contributed by atoms with Crippen molar-refractivity contribution in [3.05, 3.63) is 53.3 Å². The number of piperazine rings is 1. The quantitative estimate of drug-likeness (QED) is 0.563. The number of fused-ring (bicyclic) bond motifs is 2. The van der Waals surface area contributed by atoms with Crippen molar-refractivity contribution in [2.45, 2.75) is 39.9 Å². The fraction of sp³-hybridized carbons (Fsp3) is 0.423. The lowest BCUT2D eigenvalue weighted by atomic mass is 10.1. The van der Waals surface area contributed by atoms with Crippen molar-refractivity contribution in [3.63, 3.8) is 0 Å². The molecule has 35 heavy (non-hydrogen) atoms. The molecule has 1 fully saturated rings. The molecule has 0 spiro atoms. The minimum Gasteiger partial charge on any atom is -0.355 e. The maximum absolute atomic E-state index is 13.2. The summed E-state index contributed by atoms with van der Waals surface area (Å²) in [6, 6.07) is 10.3. The zero-order valence-electron chi connectivity index (χ0n) is 20.7. The van der Waals surface area contributed by atoms with E-state index in [1.165, 1.54) is 0 Å². The molecule has 9 heteroatoms. The molecular formula is C26H31N7O2. The van der Waals surface area contributed by atoms with Crippen LogP contribution in [0.25, 0.3) is 10.9 Å². The maximum atomic E-state index is 13.2. The zero-order valence-corrected chi connectivity index (χ0v) is 20.7. The molecule has 0 aliphatic carbocycles. The molecule has 182 valence electrons. The molecule has 3 aromatic rings. The third-order valence-corrected chi connectivity index (χ3v) is 6.85. The standard InChI is InChI=1S/C26H31N7O2/c1-17(2)33-16-21-23(25(33)35)28-26(32-12-10-31(11-13-32)18(3)34)29-24(21)30(4)15-19-7-8-22-20(14-19)6-5-9-27-22/h5-9,14,17H,10-13,15-16H2,1-4H3. The lowest BCUT2D eigenvalue weighted by molar-refractivity contribution is -0.129. The summed E-state index contributed by atoms with van der Waals surface area (Å²) in [6.45, 7) is 9.31. The first kappa shape index (κ1) is 23.0. The first-order valence-corrected chi connectivity index (χ1v) is 12.1. The molecule has 0 radical (unpaired) electrons. The molecule has 0 atom stereocenters. The molecule has 2 amide bonds. The van der Waals surface area contributed by atoms with Crippen LogP contribution in [-0.4, -0.2) is 75.8 Å². The Bertz CT molecular complexity index is 1280. The summed E-state index contributed by atoms with van der Waals surface area (Å²) in [5.74, 6) is 1.36. The topological polar surface area (TPSA) is 85.8 Å². The highest BCUT2D eigenvalue weighted by molar-refractivity contribution is 5.98. The van der Waals surface area contributed by atoms with E-state index in [9.17, 15) is 9.59 Å². The molecule has 4 heterocycles. The van der Waals surface area contributed by atoms with Gasteiger partial charge in [-0.05, 0) is 37.6 Å². The number of hydrogen-bond donors (Lipinski definition) is 0. The van der Waals surface area contributed by atoms with Gasteiger partial charge in [0.05, 0.1) is 12.1 Å². The fourth-order valence-corrected chi connectivity index (χ4v) is 4.83. The monoisotopic (exact) mass is 473 g/mol. The average molecular weight is 474 g/mol. The lowest BCUT2D eigenvalue weighted by Gasteiger charge is -2.34. The Kier molecular flexibility index (Phi) is 6.00. The number of pyridine rings is 1. The zero-order chi connectivity index (χ0) is 24.7. The van der Waals surface area contributed by atoms with Gasteiger partial charge in [-0.3, -0.25) is 14.6 Å². The fourth-order valence-electron chi connectivity index (χ4n) is 4.83. The Morgan fingerprint density at radius 2 is 1.89 bits per heavy atom. The van der Waals surface area contributed by atoms with Crippen molar-refractivity contribution in [2.24, 2.45) is 0 Å². The van der Waals surface area contributed by atoms with Gasteiger partial charge in [-0.25, -0.2) is 4.98 Å². The van der Waals surface area contributed by atoms with Crippen molar-refractivity contribution in [3.8, 4) is 0 Å². The van der Waals surface area contributed by atoms with Crippen LogP contribution in [0.2, 0.25) is 0 Å². The Hall–Kier alpha value is -3.75. The molecule has 5 rings (SSSR count). The van der Waals surface area contributed by atoms with Crippen LogP contribution < -0.4 is 9.80 Å². The van der Waals surface area contributed by atoms with E-state index in [1.54, 1.807) is 13.1 Å². The number of hydrogen-bond acceptors (Lipinski definition) is 7. The van der Waals surface area contributed by atoms with Crippen molar-refractivity contribution in [1.29, 1.82) is 0 Å². The SMILES string of the molecule is CC(=O)N1CCN(c2nc3c(c(N(C)Cc4ccc5ncccc5c4)n2)CN(C(C)C)C3=O)CC1. The number of carbonyl (C=O) groups excluding carboxylic acids is 2. The smallest absolute Gasteiger partial charge is 0.273 e. The molecule has 9 nitrogen and oxygen atoms in total. The second kappa shape index (κ2) is 9.13. The minimum atomic E-state index is -0.0487. The predicted molar refractivity (Wildman–Crippen MR) is 135 cm³/mol. The van der Waals surface area contributed by atoms with Gasteiger partial charge < -0.3 is 19.6 Å². The maximum Gasteiger partial charge on any atom is 0.273 e. The second-order valence-electron chi connectivity index (χ2n) is 9.58. The summed E-state index contributed by atoms with van der Waals surface area (Å²) >= 11 is 0. The number of carbonyl (C=O) groups is 2. The van der Waals surface area contributed by atoms with Gasteiger partial charge in [0, 0.05) is 69.9 Å². The van der Waals surface area contributed by atoms with E-state index in [0.717, 1.165) is 27.8 Å². The highest BCUT2D eigenvalue weighted by Crippen LogP contribution is 2.33. The van der Waals surface area contributed by atoms with Crippen LogP contribution in [-0.2, 0) is 17.9 Å². The third kappa shape index (κ3) is 4.38. The van der Waals surface area contributed by atoms with Crippen molar-refractivity contribution in [2.75, 3.05) is 43.0 Å². The molecule has 0 bridgehead atoms. The molecule has 2 aliphatic heterocycles.